The lowest BCUT2D eigenvalue weighted by atomic mass is 9.61. The molecule has 0 aromatic rings. The van der Waals surface area contributed by atoms with Gasteiger partial charge >= 0.3 is 23.9 Å². The van der Waals surface area contributed by atoms with Crippen LogP contribution < -0.4 is 5.32 Å². The van der Waals surface area contributed by atoms with E-state index in [9.17, 15) is 39.3 Å². The molecule has 4 N–H and O–H groups in total. The van der Waals surface area contributed by atoms with Crippen LogP contribution in [0.4, 0.5) is 0 Å². The van der Waals surface area contributed by atoms with Crippen molar-refractivity contribution >= 4 is 29.8 Å². The van der Waals surface area contributed by atoms with E-state index in [-0.39, 0.29) is 39.0 Å². The molecule has 1 aliphatic rings. The van der Waals surface area contributed by atoms with Gasteiger partial charge in [0.2, 0.25) is 5.91 Å². The number of unbranched alkanes of at least 4 members (excludes halogenated alkanes) is 16. The third-order valence-electron chi connectivity index (χ3n) is 13.7. The monoisotopic (exact) mass is 911 g/mol. The minimum atomic E-state index is -1.53. The molecule has 0 aromatic carbocycles. The summed E-state index contributed by atoms with van der Waals surface area (Å²) in [5.74, 6) is -4.37. The van der Waals surface area contributed by atoms with Crippen LogP contribution in [0, 0.1) is 22.2 Å². The third kappa shape index (κ3) is 23.6. The Bertz CT molecular complexity index is 1290. The number of carbonyl (C=O) groups excluding carboxylic acids is 3. The number of carboxylic acids is 2. The molecule has 13 heteroatoms. The molecule has 0 saturated carbocycles. The van der Waals surface area contributed by atoms with Gasteiger partial charge in [-0.1, -0.05) is 170 Å². The van der Waals surface area contributed by atoms with Crippen molar-refractivity contribution in [3.05, 3.63) is 0 Å². The number of ether oxygens (including phenoxy) is 3. The van der Waals surface area contributed by atoms with E-state index in [2.05, 4.69) is 37.9 Å². The first-order valence-corrected chi connectivity index (χ1v) is 25.7. The lowest BCUT2D eigenvalue weighted by Gasteiger charge is -2.42. The van der Waals surface area contributed by atoms with Crippen molar-refractivity contribution in [1.82, 2.24) is 10.2 Å². The average molecular weight is 911 g/mol. The molecule has 374 valence electrons. The van der Waals surface area contributed by atoms with Gasteiger partial charge in [-0.25, -0.2) is 0 Å². The fourth-order valence-electron chi connectivity index (χ4n) is 9.16. The van der Waals surface area contributed by atoms with Gasteiger partial charge < -0.3 is 34.8 Å². The summed E-state index contributed by atoms with van der Waals surface area (Å²) in [5.41, 5.74) is -3.54. The fourth-order valence-corrected chi connectivity index (χ4v) is 9.16. The lowest BCUT2D eigenvalue weighted by molar-refractivity contribution is -0.166. The van der Waals surface area contributed by atoms with Crippen molar-refractivity contribution in [2.75, 3.05) is 52.6 Å². The zero-order valence-corrected chi connectivity index (χ0v) is 41.5. The maximum absolute atomic E-state index is 13.8. The number of aliphatic carboxylic acids is 2. The number of aliphatic hydroxyl groups excluding tert-OH is 1. The largest absolute Gasteiger partial charge is 0.481 e. The van der Waals surface area contributed by atoms with Gasteiger partial charge in [-0.2, -0.15) is 0 Å². The van der Waals surface area contributed by atoms with E-state index in [1.165, 1.54) is 0 Å². The first-order chi connectivity index (χ1) is 30.6. The lowest BCUT2D eigenvalue weighted by Crippen LogP contribution is -2.47. The summed E-state index contributed by atoms with van der Waals surface area (Å²) < 4.78 is 16.7. The minimum Gasteiger partial charge on any atom is -0.481 e. The fraction of sp³-hybridized carbons (Fsp3) is 0.902. The molecule has 4 atom stereocenters. The summed E-state index contributed by atoms with van der Waals surface area (Å²) in [4.78, 5) is 68.6. The third-order valence-corrected chi connectivity index (χ3v) is 13.7. The normalized spacial score (nSPS) is 16.3. The number of nitrogens with zero attached hydrogens (tertiary/aromatic N) is 1. The molecule has 13 nitrogen and oxygen atoms in total. The maximum atomic E-state index is 13.8. The van der Waals surface area contributed by atoms with Crippen LogP contribution in [-0.4, -0.2) is 109 Å². The predicted molar refractivity (Wildman–Crippen MR) is 253 cm³/mol. The van der Waals surface area contributed by atoms with Crippen LogP contribution in [0.5, 0.6) is 0 Å². The number of amides is 1. The molecule has 0 bridgehead atoms. The predicted octanol–water partition coefficient (Wildman–Crippen LogP) is 10.3. The average Bonchev–Trinajstić information content (AvgIpc) is 3.27. The van der Waals surface area contributed by atoms with E-state index in [0.717, 1.165) is 129 Å². The Labute approximate surface area is 388 Å². The second-order valence-electron chi connectivity index (χ2n) is 19.6. The van der Waals surface area contributed by atoms with Crippen molar-refractivity contribution in [2.45, 2.75) is 221 Å². The highest BCUT2D eigenvalue weighted by Crippen LogP contribution is 2.48. The Morgan fingerprint density at radius 1 is 0.625 bits per heavy atom. The first-order valence-electron chi connectivity index (χ1n) is 25.7. The second kappa shape index (κ2) is 34.5. The highest BCUT2D eigenvalue weighted by molar-refractivity contribution is 5.82. The van der Waals surface area contributed by atoms with E-state index in [4.69, 9.17) is 14.2 Å². The standard InChI is InChI=1S/C51H94N2O11/c1-7-11-15-19-21-24-30-50(47(58)59,29-23-17-13-9-3)39-42(51(48(60)61,31-25-18-14-10-4)32-26-22-20-16-12-8-2)40-63-43(54)27-33-52-46(57)45(56)49(5,6)41-64-44(55)28-34-53-35-37-62-38-36-53/h42,45,56H,7-41H2,1-6H3,(H,52,57)(H,58,59)(H,60,61)/t42?,45-,50?,51?/m0/s1. The summed E-state index contributed by atoms with van der Waals surface area (Å²) in [5, 5.41) is 36.0. The van der Waals surface area contributed by atoms with Crippen LogP contribution in [-0.2, 0) is 38.2 Å². The first kappa shape index (κ1) is 59.2. The Balaban J connectivity index is 3.28. The number of hydrogen-bond donors (Lipinski definition) is 4. The molecule has 3 unspecified atom stereocenters. The van der Waals surface area contributed by atoms with Gasteiger partial charge in [0.25, 0.3) is 0 Å². The molecule has 0 spiro atoms. The van der Waals surface area contributed by atoms with Crippen LogP contribution in [0.25, 0.3) is 0 Å². The van der Waals surface area contributed by atoms with Gasteiger partial charge in [0.05, 0.1) is 50.1 Å². The Morgan fingerprint density at radius 2 is 1.08 bits per heavy atom. The molecule has 0 aliphatic carbocycles. The zero-order valence-electron chi connectivity index (χ0n) is 41.5. The SMILES string of the molecule is CCCCCCCCC(CCCCCC)(CC(COC(=O)CCNC(=O)[C@H](O)C(C)(C)COC(=O)CCN1CCOCC1)C(CCCCCC)(CCCCCCCC)C(=O)O)C(=O)O. The van der Waals surface area contributed by atoms with Crippen molar-refractivity contribution in [3.8, 4) is 0 Å². The Kier molecular flexibility index (Phi) is 32.0. The number of morpholine rings is 1. The van der Waals surface area contributed by atoms with E-state index in [0.29, 0.717) is 58.3 Å². The molecule has 0 aromatic heterocycles. The molecular weight excluding hydrogens is 817 g/mol. The number of rotatable bonds is 41. The topological polar surface area (TPSA) is 189 Å². The summed E-state index contributed by atoms with van der Waals surface area (Å²) in [7, 11) is 0. The molecule has 1 saturated heterocycles. The molecule has 1 rings (SSSR count). The van der Waals surface area contributed by atoms with Crippen LogP contribution in [0.2, 0.25) is 0 Å². The van der Waals surface area contributed by atoms with Gasteiger partial charge in [0.1, 0.15) is 6.10 Å². The summed E-state index contributed by atoms with van der Waals surface area (Å²) in [6, 6.07) is 0. The van der Waals surface area contributed by atoms with Gasteiger partial charge in [-0.15, -0.1) is 0 Å². The molecular formula is C51H94N2O11. The zero-order chi connectivity index (χ0) is 47.7. The molecule has 1 heterocycles. The molecule has 1 aliphatic heterocycles. The van der Waals surface area contributed by atoms with E-state index >= 15 is 0 Å². The number of nitrogens with one attached hydrogen (secondary N) is 1. The van der Waals surface area contributed by atoms with Gasteiger partial charge in [-0.3, -0.25) is 28.9 Å². The van der Waals surface area contributed by atoms with Crippen LogP contribution >= 0.6 is 0 Å². The number of carboxylic acid groups (broad SMARTS) is 2. The minimum absolute atomic E-state index is 0.114. The van der Waals surface area contributed by atoms with Crippen molar-refractivity contribution < 1.29 is 53.5 Å². The van der Waals surface area contributed by atoms with Gasteiger partial charge in [-0.05, 0) is 32.1 Å². The van der Waals surface area contributed by atoms with E-state index in [1.807, 2.05) is 0 Å². The highest BCUT2D eigenvalue weighted by atomic mass is 16.5. The van der Waals surface area contributed by atoms with Crippen molar-refractivity contribution in [2.24, 2.45) is 22.2 Å². The summed E-state index contributed by atoms with van der Waals surface area (Å²) >= 11 is 0. The van der Waals surface area contributed by atoms with Gasteiger partial charge in [0, 0.05) is 37.5 Å². The van der Waals surface area contributed by atoms with Crippen LogP contribution in [0.3, 0.4) is 0 Å². The molecule has 0 radical (unpaired) electrons. The quantitative estimate of drug-likeness (QED) is 0.0336. The van der Waals surface area contributed by atoms with E-state index in [1.54, 1.807) is 13.8 Å². The van der Waals surface area contributed by atoms with Crippen LogP contribution in [0.15, 0.2) is 0 Å². The highest BCUT2D eigenvalue weighted by Gasteiger charge is 2.50. The summed E-state index contributed by atoms with van der Waals surface area (Å²) in [6.07, 6.45) is 19.3. The number of aliphatic hydroxyl groups is 1. The number of esters is 2. The van der Waals surface area contributed by atoms with Crippen molar-refractivity contribution in [1.29, 1.82) is 0 Å². The molecule has 1 fully saturated rings. The molecule has 1 amide bonds. The van der Waals surface area contributed by atoms with Crippen LogP contribution in [0.1, 0.15) is 215 Å². The summed E-state index contributed by atoms with van der Waals surface area (Å²) in [6.45, 7) is 14.5. The number of carbonyl (C=O) groups is 5. The van der Waals surface area contributed by atoms with Crippen molar-refractivity contribution in [3.63, 3.8) is 0 Å². The maximum Gasteiger partial charge on any atom is 0.310 e. The second-order valence-corrected chi connectivity index (χ2v) is 19.6. The van der Waals surface area contributed by atoms with Gasteiger partial charge in [0.15, 0.2) is 0 Å². The Morgan fingerprint density at radius 3 is 1.56 bits per heavy atom. The smallest absolute Gasteiger partial charge is 0.310 e. The molecule has 64 heavy (non-hydrogen) atoms. The van der Waals surface area contributed by atoms with E-state index < -0.39 is 58.1 Å². The number of hydrogen-bond acceptors (Lipinski definition) is 10. The Hall–Kier alpha value is -2.77.